The van der Waals surface area contributed by atoms with Crippen molar-refractivity contribution in [2.45, 2.75) is 26.1 Å². The first kappa shape index (κ1) is 19.5. The van der Waals surface area contributed by atoms with E-state index in [4.69, 9.17) is 16.7 Å². The van der Waals surface area contributed by atoms with E-state index < -0.39 is 42.5 Å². The molecule has 138 valence electrons. The summed E-state index contributed by atoms with van der Waals surface area (Å²) in [5, 5.41) is 12.1. The second-order valence-electron chi connectivity index (χ2n) is 6.12. The Morgan fingerprint density at radius 1 is 1.36 bits per heavy atom. The molecular weight excluding hydrogens is 361 g/mol. The number of alkyl halides is 3. The Hall–Kier alpha value is -1.80. The van der Waals surface area contributed by atoms with Gasteiger partial charge < -0.3 is 10.4 Å². The van der Waals surface area contributed by atoms with Gasteiger partial charge in [-0.3, -0.25) is 14.5 Å². The zero-order valence-corrected chi connectivity index (χ0v) is 14.4. The second-order valence-corrected chi connectivity index (χ2v) is 6.53. The van der Waals surface area contributed by atoms with Gasteiger partial charge in [0.05, 0.1) is 17.9 Å². The third kappa shape index (κ3) is 4.24. The Kier molecular flexibility index (Phi) is 5.63. The molecule has 2 N–H and O–H groups in total. The highest BCUT2D eigenvalue weighted by molar-refractivity contribution is 6.31. The molecule has 0 saturated carbocycles. The van der Waals surface area contributed by atoms with E-state index in [9.17, 15) is 22.8 Å². The number of likely N-dealkylation sites (tertiary alicyclic amines) is 1. The number of hydrogen-bond acceptors (Lipinski definition) is 3. The molecular formula is C16H18ClF3N2O3. The predicted molar refractivity (Wildman–Crippen MR) is 86.5 cm³/mol. The van der Waals surface area contributed by atoms with E-state index in [0.717, 1.165) is 0 Å². The first-order valence-corrected chi connectivity index (χ1v) is 7.99. The Bertz CT molecular complexity index is 681. The molecule has 0 radical (unpaired) electrons. The fourth-order valence-corrected chi connectivity index (χ4v) is 3.05. The fraction of sp³-hybridized carbons (Fsp3) is 0.500. The summed E-state index contributed by atoms with van der Waals surface area (Å²) in [6.45, 7) is 2.30. The third-order valence-electron chi connectivity index (χ3n) is 4.54. The smallest absolute Gasteiger partial charge is 0.393 e. The minimum Gasteiger partial charge on any atom is -0.481 e. The van der Waals surface area contributed by atoms with Crippen molar-refractivity contribution in [1.29, 1.82) is 0 Å². The molecule has 1 aromatic rings. The van der Waals surface area contributed by atoms with Crippen LogP contribution >= 0.6 is 11.6 Å². The number of nitrogens with zero attached hydrogens (tertiary/aromatic N) is 1. The number of aliphatic carboxylic acids is 1. The van der Waals surface area contributed by atoms with Gasteiger partial charge in [-0.2, -0.15) is 13.2 Å². The number of rotatable bonds is 4. The summed E-state index contributed by atoms with van der Waals surface area (Å²) in [4.78, 5) is 24.7. The van der Waals surface area contributed by atoms with Crippen molar-refractivity contribution >= 4 is 29.2 Å². The zero-order chi connectivity index (χ0) is 18.9. The van der Waals surface area contributed by atoms with Crippen LogP contribution in [0.3, 0.4) is 0 Å². The van der Waals surface area contributed by atoms with Crippen molar-refractivity contribution in [2.24, 2.45) is 11.8 Å². The Labute approximate surface area is 147 Å². The van der Waals surface area contributed by atoms with E-state index in [1.165, 1.54) is 11.8 Å². The van der Waals surface area contributed by atoms with Crippen LogP contribution in [0.5, 0.6) is 0 Å². The molecule has 0 aliphatic carbocycles. The fourth-order valence-electron chi connectivity index (χ4n) is 2.88. The van der Waals surface area contributed by atoms with Gasteiger partial charge in [-0.05, 0) is 31.5 Å². The second kappa shape index (κ2) is 7.21. The number of carboxylic acid groups (broad SMARTS) is 1. The molecule has 1 fully saturated rings. The molecule has 1 aromatic carbocycles. The lowest BCUT2D eigenvalue weighted by molar-refractivity contribution is -0.188. The molecule has 0 bridgehead atoms. The number of carbonyl (C=O) groups is 2. The molecule has 0 aromatic heterocycles. The normalized spacial score (nSPS) is 22.6. The molecule has 2 rings (SSSR count). The maximum absolute atomic E-state index is 13.0. The van der Waals surface area contributed by atoms with Crippen LogP contribution in [0.4, 0.5) is 18.9 Å². The van der Waals surface area contributed by atoms with Crippen molar-refractivity contribution in [3.63, 3.8) is 0 Å². The molecule has 25 heavy (non-hydrogen) atoms. The van der Waals surface area contributed by atoms with Crippen LogP contribution in [0, 0.1) is 18.8 Å². The Balaban J connectivity index is 2.12. The summed E-state index contributed by atoms with van der Waals surface area (Å²) in [7, 11) is 0. The van der Waals surface area contributed by atoms with Gasteiger partial charge in [0.2, 0.25) is 5.91 Å². The van der Waals surface area contributed by atoms with Gasteiger partial charge >= 0.3 is 12.1 Å². The minimum absolute atomic E-state index is 0.331. The van der Waals surface area contributed by atoms with Crippen LogP contribution in [0.1, 0.15) is 12.5 Å². The SMILES string of the molecule is Cc1c(Cl)cccc1NC(=O)C(C)N1C[C@@H](C(F)(F)F)[C@H](C(=O)O)C1. The van der Waals surface area contributed by atoms with Gasteiger partial charge in [0.25, 0.3) is 0 Å². The monoisotopic (exact) mass is 378 g/mol. The lowest BCUT2D eigenvalue weighted by Crippen LogP contribution is -2.41. The molecule has 1 amide bonds. The summed E-state index contributed by atoms with van der Waals surface area (Å²) >= 11 is 5.98. The number of halogens is 4. The van der Waals surface area contributed by atoms with Crippen LogP contribution in [0.2, 0.25) is 5.02 Å². The minimum atomic E-state index is -4.63. The lowest BCUT2D eigenvalue weighted by atomic mass is 9.96. The topological polar surface area (TPSA) is 69.6 Å². The first-order valence-electron chi connectivity index (χ1n) is 7.62. The van der Waals surface area contributed by atoms with E-state index in [1.807, 2.05) is 0 Å². The Morgan fingerprint density at radius 3 is 2.52 bits per heavy atom. The van der Waals surface area contributed by atoms with E-state index in [1.54, 1.807) is 25.1 Å². The maximum atomic E-state index is 13.0. The van der Waals surface area contributed by atoms with Gasteiger partial charge in [-0.15, -0.1) is 0 Å². The largest absolute Gasteiger partial charge is 0.481 e. The number of benzene rings is 1. The van der Waals surface area contributed by atoms with Crippen LogP contribution in [-0.2, 0) is 9.59 Å². The molecule has 0 spiro atoms. The highest BCUT2D eigenvalue weighted by Gasteiger charge is 2.53. The van der Waals surface area contributed by atoms with Gasteiger partial charge in [0, 0.05) is 23.8 Å². The standard InChI is InChI=1S/C16H18ClF3N2O3/c1-8-12(17)4-3-5-13(8)21-14(23)9(2)22-6-10(15(24)25)11(7-22)16(18,19)20/h3-5,9-11H,6-7H2,1-2H3,(H,21,23)(H,24,25)/t9?,10-,11-/m1/s1. The Morgan fingerprint density at radius 2 is 2.00 bits per heavy atom. The number of carbonyl (C=O) groups excluding carboxylic acids is 1. The van der Waals surface area contributed by atoms with Gasteiger partial charge in [0.1, 0.15) is 0 Å². The van der Waals surface area contributed by atoms with Crippen LogP contribution in [0.15, 0.2) is 18.2 Å². The van der Waals surface area contributed by atoms with Crippen molar-refractivity contribution < 1.29 is 27.9 Å². The van der Waals surface area contributed by atoms with Crippen molar-refractivity contribution in [3.8, 4) is 0 Å². The van der Waals surface area contributed by atoms with Crippen molar-refractivity contribution in [3.05, 3.63) is 28.8 Å². The summed E-state index contributed by atoms with van der Waals surface area (Å²) in [5.41, 5.74) is 1.11. The number of hydrogen-bond donors (Lipinski definition) is 2. The molecule has 3 atom stereocenters. The zero-order valence-electron chi connectivity index (χ0n) is 13.6. The number of nitrogens with one attached hydrogen (secondary N) is 1. The van der Waals surface area contributed by atoms with E-state index in [2.05, 4.69) is 5.32 Å². The highest BCUT2D eigenvalue weighted by Crippen LogP contribution is 2.38. The summed E-state index contributed by atoms with van der Waals surface area (Å²) in [6, 6.07) is 4.02. The van der Waals surface area contributed by atoms with Gasteiger partial charge in [0.15, 0.2) is 0 Å². The number of carboxylic acids is 1. The molecule has 5 nitrogen and oxygen atoms in total. The molecule has 9 heteroatoms. The van der Waals surface area contributed by atoms with Gasteiger partial charge in [-0.1, -0.05) is 17.7 Å². The molecule has 1 aliphatic rings. The lowest BCUT2D eigenvalue weighted by Gasteiger charge is -2.24. The van der Waals surface area contributed by atoms with E-state index in [-0.39, 0.29) is 6.54 Å². The number of anilines is 1. The van der Waals surface area contributed by atoms with Crippen molar-refractivity contribution in [1.82, 2.24) is 4.90 Å². The number of amides is 1. The summed E-state index contributed by atoms with van der Waals surface area (Å²) in [5.74, 6) is -5.60. The van der Waals surface area contributed by atoms with E-state index >= 15 is 0 Å². The summed E-state index contributed by atoms with van der Waals surface area (Å²) < 4.78 is 39.1. The quantitative estimate of drug-likeness (QED) is 0.844. The molecule has 1 saturated heterocycles. The average Bonchev–Trinajstić information content (AvgIpc) is 2.96. The van der Waals surface area contributed by atoms with Crippen LogP contribution in [0.25, 0.3) is 0 Å². The van der Waals surface area contributed by atoms with Crippen molar-refractivity contribution in [2.75, 3.05) is 18.4 Å². The van der Waals surface area contributed by atoms with Crippen LogP contribution < -0.4 is 5.32 Å². The molecule has 1 aliphatic heterocycles. The molecule has 1 heterocycles. The predicted octanol–water partition coefficient (Wildman–Crippen LogP) is 3.17. The average molecular weight is 379 g/mol. The maximum Gasteiger partial charge on any atom is 0.393 e. The first-order chi connectivity index (χ1) is 11.5. The van der Waals surface area contributed by atoms with E-state index in [0.29, 0.717) is 16.3 Å². The van der Waals surface area contributed by atoms with Crippen LogP contribution in [-0.4, -0.2) is 47.2 Å². The van der Waals surface area contributed by atoms with Gasteiger partial charge in [-0.25, -0.2) is 0 Å². The highest BCUT2D eigenvalue weighted by atomic mass is 35.5. The third-order valence-corrected chi connectivity index (χ3v) is 4.95. The summed E-state index contributed by atoms with van der Waals surface area (Å²) in [6.07, 6.45) is -4.63. The molecule has 1 unspecified atom stereocenters.